The maximum absolute atomic E-state index is 14.4. The second-order valence-corrected chi connectivity index (χ2v) is 25.1. The molecule has 260 valence electrons. The predicted molar refractivity (Wildman–Crippen MR) is 310 cm³/mol. The summed E-state index contributed by atoms with van der Waals surface area (Å²) >= 11 is 27.9. The third kappa shape index (κ3) is 10.1. The Labute approximate surface area is 459 Å². The smallest absolute Gasteiger partial charge is 0.149 e. The van der Waals surface area contributed by atoms with Crippen molar-refractivity contribution in [1.82, 2.24) is 0 Å². The fourth-order valence-corrected chi connectivity index (χ4v) is 19.0. The average molecular weight is 2020 g/mol. The first kappa shape index (κ1) is 44.5. The van der Waals surface area contributed by atoms with Crippen molar-refractivity contribution in [3.8, 4) is 44.5 Å². The van der Waals surface area contributed by atoms with Crippen LogP contribution in [-0.2, 0) is 6.42 Å². The summed E-state index contributed by atoms with van der Waals surface area (Å²) < 4.78 is 40.8. The van der Waals surface area contributed by atoms with Gasteiger partial charge in [0.15, 0.2) is 0 Å². The lowest BCUT2D eigenvalue weighted by atomic mass is 9.96. The molecule has 0 unspecified atom stereocenters. The Morgan fingerprint density at radius 3 is 0.667 bits per heavy atom. The van der Waals surface area contributed by atoms with E-state index in [4.69, 9.17) is 0 Å². The SMILES string of the molecule is Fc1c(I)cc(-c2c(I)cc(-c3c(I)cc(Cc4cc(I)c(-c5cc(I)c(-c6cc(I)c(F)c(I)c6)c(I)c5)c(I)c4)cc3I)cc2I)cc1I. The third-order valence-electron chi connectivity index (χ3n) is 7.82. The molecule has 6 aromatic carbocycles. The summed E-state index contributed by atoms with van der Waals surface area (Å²) in [6.07, 6.45) is 0.838. The molecule has 0 amide bonds. The number of benzene rings is 6. The Hall–Kier alpha value is 3.94. The first-order valence-electron chi connectivity index (χ1n) is 14.3. The van der Waals surface area contributed by atoms with Gasteiger partial charge in [0.05, 0.1) is 14.3 Å². The molecule has 0 aliphatic carbocycles. The molecule has 0 N–H and O–H groups in total. The molecule has 0 heterocycles. The van der Waals surface area contributed by atoms with Crippen LogP contribution in [0.15, 0.2) is 72.8 Å². The molecule has 0 saturated carbocycles. The van der Waals surface area contributed by atoms with Gasteiger partial charge in [-0.3, -0.25) is 0 Å². The minimum absolute atomic E-state index is 0.158. The van der Waals surface area contributed by atoms with Gasteiger partial charge in [-0.05, 0) is 384 Å². The monoisotopic (exact) mass is 2020 g/mol. The van der Waals surface area contributed by atoms with Crippen LogP contribution in [0.4, 0.5) is 8.78 Å². The van der Waals surface area contributed by atoms with E-state index in [2.05, 4.69) is 320 Å². The molecule has 51 heavy (non-hydrogen) atoms. The van der Waals surface area contributed by atoms with E-state index in [0.29, 0.717) is 14.3 Å². The topological polar surface area (TPSA) is 0 Å². The predicted octanol–water partition coefficient (Wildman–Crippen LogP) is 17.5. The van der Waals surface area contributed by atoms with Crippen molar-refractivity contribution in [1.29, 1.82) is 0 Å². The van der Waals surface area contributed by atoms with Gasteiger partial charge in [0.25, 0.3) is 0 Å². The molecular weight excluding hydrogens is 2010 g/mol. The molecule has 0 aliphatic rings. The summed E-state index contributed by atoms with van der Waals surface area (Å²) in [6, 6.07) is 26.0. The van der Waals surface area contributed by atoms with E-state index in [1.807, 2.05) is 24.3 Å². The largest absolute Gasteiger partial charge is 0.205 e. The van der Waals surface area contributed by atoms with Crippen LogP contribution in [-0.4, -0.2) is 0 Å². The van der Waals surface area contributed by atoms with Gasteiger partial charge in [-0.2, -0.15) is 0 Å². The quantitative estimate of drug-likeness (QED) is 0.115. The standard InChI is InChI=1S/C37H14F2I12/c38-36-28(48)10-18(11-29(36)49)34-24(44)6-16(7-25(34)45)32-20(40)2-14(3-21(32)41)1-15-4-22(42)33(23(43)5-15)17-8-26(46)35(27(47)9-17)19-12-30(50)37(39)31(51)13-19/h2-13H,1H2. The van der Waals surface area contributed by atoms with Gasteiger partial charge in [-0.15, -0.1) is 0 Å². The van der Waals surface area contributed by atoms with E-state index < -0.39 is 0 Å². The zero-order valence-electron chi connectivity index (χ0n) is 24.9. The highest BCUT2D eigenvalue weighted by Crippen LogP contribution is 2.42. The number of halogens is 14. The molecule has 0 nitrogen and oxygen atoms in total. The molecule has 0 bridgehead atoms. The molecule has 14 heteroatoms. The van der Waals surface area contributed by atoms with Crippen LogP contribution >= 0.6 is 271 Å². The van der Waals surface area contributed by atoms with Gasteiger partial charge in [0, 0.05) is 50.8 Å². The average Bonchev–Trinajstić information content (AvgIpc) is 3.01. The summed E-state index contributed by atoms with van der Waals surface area (Å²) in [6.45, 7) is 0. The molecule has 0 fully saturated rings. The summed E-state index contributed by atoms with van der Waals surface area (Å²) in [7, 11) is 0. The van der Waals surface area contributed by atoms with Gasteiger partial charge in [-0.25, -0.2) is 8.78 Å². The van der Waals surface area contributed by atoms with Gasteiger partial charge >= 0.3 is 0 Å². The molecule has 0 saturated heterocycles. The van der Waals surface area contributed by atoms with Crippen molar-refractivity contribution in [2.45, 2.75) is 6.42 Å². The number of rotatable bonds is 6. The Morgan fingerprint density at radius 1 is 0.275 bits per heavy atom. The maximum atomic E-state index is 14.4. The lowest BCUT2D eigenvalue weighted by molar-refractivity contribution is 0.612. The number of hydrogen-bond acceptors (Lipinski definition) is 0. The van der Waals surface area contributed by atoms with E-state index in [1.54, 1.807) is 0 Å². The van der Waals surface area contributed by atoms with E-state index >= 15 is 0 Å². The third-order valence-corrected chi connectivity index (χ3v) is 17.8. The van der Waals surface area contributed by atoms with Crippen molar-refractivity contribution >= 4 is 271 Å². The Bertz CT molecular complexity index is 2100. The normalized spacial score (nSPS) is 11.4. The lowest BCUT2D eigenvalue weighted by Crippen LogP contribution is -1.99. The fourth-order valence-electron chi connectivity index (χ4n) is 5.63. The molecular formula is C37H14F2I12. The fraction of sp³-hybridized carbons (Fsp3) is 0.0270. The molecule has 0 radical (unpaired) electrons. The summed E-state index contributed by atoms with van der Waals surface area (Å²) in [5, 5.41) is 0. The van der Waals surface area contributed by atoms with Crippen molar-refractivity contribution in [2.75, 3.05) is 0 Å². The zero-order valence-corrected chi connectivity index (χ0v) is 50.8. The molecule has 6 aromatic rings. The molecule has 0 aromatic heterocycles. The molecule has 6 rings (SSSR count). The molecule has 0 aliphatic heterocycles. The van der Waals surface area contributed by atoms with Gasteiger partial charge in [-0.1, -0.05) is 0 Å². The second-order valence-electron chi connectivity index (χ2n) is 11.2. The zero-order chi connectivity index (χ0) is 37.0. The highest BCUT2D eigenvalue weighted by atomic mass is 127. The van der Waals surface area contributed by atoms with E-state index in [0.717, 1.165) is 43.0 Å². The first-order valence-corrected chi connectivity index (χ1v) is 27.2. The summed E-state index contributed by atoms with van der Waals surface area (Å²) in [5.74, 6) is -0.315. The van der Waals surface area contributed by atoms with E-state index in [9.17, 15) is 8.78 Å². The highest BCUT2D eigenvalue weighted by Gasteiger charge is 2.20. The maximum Gasteiger partial charge on any atom is 0.149 e. The van der Waals surface area contributed by atoms with E-state index in [1.165, 1.54) is 47.7 Å². The Balaban J connectivity index is 1.29. The minimum atomic E-state index is -0.158. The number of hydrogen-bond donors (Lipinski definition) is 0. The van der Waals surface area contributed by atoms with Crippen LogP contribution in [0.2, 0.25) is 0 Å². The van der Waals surface area contributed by atoms with Crippen molar-refractivity contribution in [2.24, 2.45) is 0 Å². The van der Waals surface area contributed by atoms with Gasteiger partial charge in [0.2, 0.25) is 0 Å². The lowest BCUT2D eigenvalue weighted by Gasteiger charge is -2.17. The Morgan fingerprint density at radius 2 is 0.451 bits per heavy atom. The Kier molecular flexibility index (Phi) is 16.7. The first-order chi connectivity index (χ1) is 24.0. The van der Waals surface area contributed by atoms with E-state index in [-0.39, 0.29) is 11.6 Å². The van der Waals surface area contributed by atoms with Crippen LogP contribution in [0.5, 0.6) is 0 Å². The summed E-state index contributed by atoms with van der Waals surface area (Å²) in [4.78, 5) is 0. The summed E-state index contributed by atoms with van der Waals surface area (Å²) in [5.41, 5.74) is 11.8. The second kappa shape index (κ2) is 19.1. The van der Waals surface area contributed by atoms with Crippen LogP contribution in [0.1, 0.15) is 11.1 Å². The molecule has 0 atom stereocenters. The van der Waals surface area contributed by atoms with Crippen molar-refractivity contribution < 1.29 is 8.78 Å². The molecule has 0 spiro atoms. The van der Waals surface area contributed by atoms with Gasteiger partial charge in [0.1, 0.15) is 11.6 Å². The van der Waals surface area contributed by atoms with Crippen LogP contribution < -0.4 is 0 Å². The van der Waals surface area contributed by atoms with Crippen molar-refractivity contribution in [3.63, 3.8) is 0 Å². The minimum Gasteiger partial charge on any atom is -0.205 e. The van der Waals surface area contributed by atoms with Gasteiger partial charge < -0.3 is 0 Å². The van der Waals surface area contributed by atoms with Crippen LogP contribution in [0.3, 0.4) is 0 Å². The highest BCUT2D eigenvalue weighted by molar-refractivity contribution is 14.1. The van der Waals surface area contributed by atoms with Crippen LogP contribution in [0, 0.1) is 54.5 Å². The van der Waals surface area contributed by atoms with Crippen LogP contribution in [0.25, 0.3) is 44.5 Å². The van der Waals surface area contributed by atoms with Crippen molar-refractivity contribution in [3.05, 3.63) is 138 Å².